The number of nitrogens with one attached hydrogen (secondary N) is 2. The van der Waals surface area contributed by atoms with Gasteiger partial charge in [-0.05, 0) is 42.0 Å². The number of nitro benzene ring substituents is 1. The van der Waals surface area contributed by atoms with Crippen LogP contribution in [0.4, 0.5) is 15.8 Å². The minimum absolute atomic E-state index is 0.0844. The highest BCUT2D eigenvalue weighted by atomic mass is 127. The average molecular weight is 365 g/mol. The Balaban J connectivity index is 2.14. The Hall–Kier alpha value is -0.960. The Labute approximate surface area is 117 Å². The van der Waals surface area contributed by atoms with E-state index in [0.29, 0.717) is 12.6 Å². The van der Waals surface area contributed by atoms with Crippen LogP contribution in [0.2, 0.25) is 0 Å². The van der Waals surface area contributed by atoms with Crippen LogP contribution in [0.25, 0.3) is 0 Å². The van der Waals surface area contributed by atoms with E-state index in [1.165, 1.54) is 12.1 Å². The van der Waals surface area contributed by atoms with Gasteiger partial charge in [0.1, 0.15) is 11.5 Å². The predicted molar refractivity (Wildman–Crippen MR) is 75.3 cm³/mol. The molecule has 2 rings (SSSR count). The lowest BCUT2D eigenvalue weighted by atomic mass is 10.2. The summed E-state index contributed by atoms with van der Waals surface area (Å²) in [6, 6.07) is 2.74. The number of hydrogen-bond acceptors (Lipinski definition) is 4. The number of halogens is 2. The number of nitro groups is 1. The minimum Gasteiger partial charge on any atom is -0.378 e. The van der Waals surface area contributed by atoms with Crippen molar-refractivity contribution in [1.29, 1.82) is 0 Å². The van der Waals surface area contributed by atoms with Gasteiger partial charge in [-0.15, -0.1) is 0 Å². The molecule has 98 valence electrons. The first kappa shape index (κ1) is 13.5. The van der Waals surface area contributed by atoms with E-state index in [-0.39, 0.29) is 14.9 Å². The molecule has 1 atom stereocenters. The van der Waals surface area contributed by atoms with Crippen molar-refractivity contribution in [2.45, 2.75) is 18.9 Å². The van der Waals surface area contributed by atoms with Gasteiger partial charge in [-0.1, -0.05) is 0 Å². The maximum absolute atomic E-state index is 13.4. The largest absolute Gasteiger partial charge is 0.378 e. The summed E-state index contributed by atoms with van der Waals surface area (Å²) in [5.41, 5.74) is 0.158. The molecule has 1 aromatic rings. The molecule has 7 heteroatoms. The zero-order valence-corrected chi connectivity index (χ0v) is 11.7. The van der Waals surface area contributed by atoms with Gasteiger partial charge in [-0.2, -0.15) is 0 Å². The summed E-state index contributed by atoms with van der Waals surface area (Å²) in [6.45, 7) is 1.54. The van der Waals surface area contributed by atoms with Crippen molar-refractivity contribution in [3.8, 4) is 0 Å². The summed E-state index contributed by atoms with van der Waals surface area (Å²) in [6.07, 6.45) is 2.14. The number of benzene rings is 1. The second-order valence-corrected chi connectivity index (χ2v) is 5.38. The molecule has 0 aromatic heterocycles. The van der Waals surface area contributed by atoms with Gasteiger partial charge in [0.15, 0.2) is 0 Å². The molecule has 0 amide bonds. The molecule has 5 nitrogen and oxygen atoms in total. The van der Waals surface area contributed by atoms with Gasteiger partial charge in [0.2, 0.25) is 0 Å². The molecule has 0 radical (unpaired) electrons. The van der Waals surface area contributed by atoms with Crippen molar-refractivity contribution in [3.63, 3.8) is 0 Å². The summed E-state index contributed by atoms with van der Waals surface area (Å²) in [5.74, 6) is -0.442. The standard InChI is InChI=1S/C11H13FIN3O2/c12-8-4-10(11(16(17)18)5-9(8)13)15-6-7-2-1-3-14-7/h4-5,7,14-15H,1-3,6H2. The summed E-state index contributed by atoms with van der Waals surface area (Å²) >= 11 is 1.75. The molecule has 1 saturated heterocycles. The molecule has 0 aliphatic carbocycles. The van der Waals surface area contributed by atoms with Gasteiger partial charge in [0.05, 0.1) is 8.49 Å². The van der Waals surface area contributed by atoms with Gasteiger partial charge in [0, 0.05) is 24.7 Å². The van der Waals surface area contributed by atoms with Crippen LogP contribution < -0.4 is 10.6 Å². The number of rotatable bonds is 4. The zero-order chi connectivity index (χ0) is 13.1. The van der Waals surface area contributed by atoms with Crippen LogP contribution in [0.15, 0.2) is 12.1 Å². The van der Waals surface area contributed by atoms with Gasteiger partial charge in [0.25, 0.3) is 5.69 Å². The summed E-state index contributed by atoms with van der Waals surface area (Å²) in [4.78, 5) is 10.4. The lowest BCUT2D eigenvalue weighted by molar-refractivity contribution is -0.384. The van der Waals surface area contributed by atoms with Crippen LogP contribution in [0.3, 0.4) is 0 Å². The van der Waals surface area contributed by atoms with E-state index in [9.17, 15) is 14.5 Å². The van der Waals surface area contributed by atoms with Crippen LogP contribution >= 0.6 is 22.6 Å². The van der Waals surface area contributed by atoms with Crippen molar-refractivity contribution in [2.75, 3.05) is 18.4 Å². The third kappa shape index (κ3) is 3.08. The third-order valence-electron chi connectivity index (χ3n) is 2.94. The first-order valence-electron chi connectivity index (χ1n) is 5.68. The molecule has 1 aromatic carbocycles. The van der Waals surface area contributed by atoms with Crippen molar-refractivity contribution < 1.29 is 9.31 Å². The van der Waals surface area contributed by atoms with E-state index in [1.54, 1.807) is 22.6 Å². The fourth-order valence-electron chi connectivity index (χ4n) is 1.99. The highest BCUT2D eigenvalue weighted by Gasteiger charge is 2.19. The molecular weight excluding hydrogens is 352 g/mol. The Kier molecular flexibility index (Phi) is 4.33. The maximum Gasteiger partial charge on any atom is 0.293 e. The Morgan fingerprint density at radius 1 is 1.61 bits per heavy atom. The number of anilines is 1. The second-order valence-electron chi connectivity index (χ2n) is 4.21. The number of hydrogen-bond donors (Lipinski definition) is 2. The van der Waals surface area contributed by atoms with Gasteiger partial charge < -0.3 is 10.6 Å². The second kappa shape index (κ2) is 5.79. The maximum atomic E-state index is 13.4. The molecule has 0 spiro atoms. The summed E-state index contributed by atoms with van der Waals surface area (Å²) in [5, 5.41) is 17.1. The van der Waals surface area contributed by atoms with Gasteiger partial charge in [-0.25, -0.2) is 4.39 Å². The Morgan fingerprint density at radius 2 is 2.39 bits per heavy atom. The molecular formula is C11H13FIN3O2. The van der Waals surface area contributed by atoms with Gasteiger partial charge >= 0.3 is 0 Å². The quantitative estimate of drug-likeness (QED) is 0.489. The summed E-state index contributed by atoms with van der Waals surface area (Å²) < 4.78 is 13.7. The van der Waals surface area contributed by atoms with Crippen LogP contribution in [-0.2, 0) is 0 Å². The third-order valence-corrected chi connectivity index (χ3v) is 3.76. The summed E-state index contributed by atoms with van der Waals surface area (Å²) in [7, 11) is 0. The van der Waals surface area contributed by atoms with Crippen LogP contribution in [0.5, 0.6) is 0 Å². The van der Waals surface area contributed by atoms with E-state index >= 15 is 0 Å². The highest BCUT2D eigenvalue weighted by Crippen LogP contribution is 2.28. The van der Waals surface area contributed by atoms with E-state index in [0.717, 1.165) is 19.4 Å². The topological polar surface area (TPSA) is 67.2 Å². The molecule has 1 heterocycles. The Bertz CT molecular complexity index is 464. The predicted octanol–water partition coefficient (Wildman–Crippen LogP) is 2.50. The Morgan fingerprint density at radius 3 is 3.00 bits per heavy atom. The van der Waals surface area contributed by atoms with Crippen LogP contribution in [0, 0.1) is 19.5 Å². The molecule has 2 N–H and O–H groups in total. The molecule has 1 unspecified atom stereocenters. The molecule has 1 fully saturated rings. The highest BCUT2D eigenvalue weighted by molar-refractivity contribution is 14.1. The van der Waals surface area contributed by atoms with E-state index in [2.05, 4.69) is 10.6 Å². The van der Waals surface area contributed by atoms with E-state index < -0.39 is 10.7 Å². The fraction of sp³-hybridized carbons (Fsp3) is 0.455. The lowest BCUT2D eigenvalue weighted by Gasteiger charge is -2.13. The van der Waals surface area contributed by atoms with Gasteiger partial charge in [-0.3, -0.25) is 10.1 Å². The van der Waals surface area contributed by atoms with Crippen molar-refractivity contribution >= 4 is 34.0 Å². The average Bonchev–Trinajstić information content (AvgIpc) is 2.83. The molecule has 18 heavy (non-hydrogen) atoms. The number of nitrogens with zero attached hydrogens (tertiary/aromatic N) is 1. The first-order valence-corrected chi connectivity index (χ1v) is 6.76. The monoisotopic (exact) mass is 365 g/mol. The molecule has 1 aliphatic rings. The van der Waals surface area contributed by atoms with Crippen molar-refractivity contribution in [2.24, 2.45) is 0 Å². The molecule has 0 bridgehead atoms. The normalized spacial score (nSPS) is 18.9. The SMILES string of the molecule is O=[N+]([O-])c1cc(I)c(F)cc1NCC1CCCN1. The smallest absolute Gasteiger partial charge is 0.293 e. The van der Waals surface area contributed by atoms with E-state index in [4.69, 9.17) is 0 Å². The van der Waals surface area contributed by atoms with Crippen molar-refractivity contribution in [1.82, 2.24) is 5.32 Å². The molecule has 1 aliphatic heterocycles. The zero-order valence-electron chi connectivity index (χ0n) is 9.58. The first-order chi connectivity index (χ1) is 8.58. The van der Waals surface area contributed by atoms with Crippen LogP contribution in [-0.4, -0.2) is 24.1 Å². The van der Waals surface area contributed by atoms with Crippen molar-refractivity contribution in [3.05, 3.63) is 31.6 Å². The molecule has 0 saturated carbocycles. The fourth-order valence-corrected chi connectivity index (χ4v) is 2.44. The van der Waals surface area contributed by atoms with E-state index in [1.807, 2.05) is 0 Å². The van der Waals surface area contributed by atoms with Crippen LogP contribution in [0.1, 0.15) is 12.8 Å². The lowest BCUT2D eigenvalue weighted by Crippen LogP contribution is -2.29. The minimum atomic E-state index is -0.494.